The molecule has 0 saturated carbocycles. The number of rotatable bonds is 6. The minimum absolute atomic E-state index is 0.352. The molecule has 1 heterocycles. The lowest BCUT2D eigenvalue weighted by Gasteiger charge is -2.16. The van der Waals surface area contributed by atoms with Gasteiger partial charge in [0.1, 0.15) is 11.9 Å². The van der Waals surface area contributed by atoms with Gasteiger partial charge in [0.15, 0.2) is 0 Å². The molecule has 1 atom stereocenters. The molecular formula is C15H23N3. The molecule has 0 aliphatic rings. The first kappa shape index (κ1) is 14.5. The van der Waals surface area contributed by atoms with Crippen LogP contribution in [0.15, 0.2) is 12.3 Å². The van der Waals surface area contributed by atoms with E-state index in [1.807, 2.05) is 13.0 Å². The van der Waals surface area contributed by atoms with Gasteiger partial charge in [-0.15, -0.1) is 0 Å². The van der Waals surface area contributed by atoms with Gasteiger partial charge in [-0.3, -0.25) is 0 Å². The summed E-state index contributed by atoms with van der Waals surface area (Å²) in [5, 5.41) is 12.5. The maximum Gasteiger partial charge on any atom is 0.144 e. The van der Waals surface area contributed by atoms with Crippen molar-refractivity contribution in [3.8, 4) is 6.07 Å². The molecule has 1 N–H and O–H groups in total. The van der Waals surface area contributed by atoms with Gasteiger partial charge in [-0.05, 0) is 37.8 Å². The Bertz CT molecular complexity index is 418. The van der Waals surface area contributed by atoms with Crippen LogP contribution in [0.2, 0.25) is 0 Å². The first-order chi connectivity index (χ1) is 8.54. The van der Waals surface area contributed by atoms with E-state index in [2.05, 4.69) is 37.1 Å². The number of nitriles is 1. The third-order valence-electron chi connectivity index (χ3n) is 3.07. The number of aryl methyl sites for hydroxylation is 1. The molecular weight excluding hydrogens is 222 g/mol. The zero-order valence-electron chi connectivity index (χ0n) is 11.8. The Hall–Kier alpha value is -1.56. The van der Waals surface area contributed by atoms with Crippen LogP contribution < -0.4 is 5.32 Å². The predicted molar refractivity (Wildman–Crippen MR) is 75.5 cm³/mol. The minimum Gasteiger partial charge on any atom is -0.367 e. The van der Waals surface area contributed by atoms with E-state index < -0.39 is 0 Å². The summed E-state index contributed by atoms with van der Waals surface area (Å²) in [4.78, 5) is 4.26. The number of nitrogens with one attached hydrogen (secondary N) is 1. The van der Waals surface area contributed by atoms with Crippen LogP contribution in [-0.2, 0) is 0 Å². The summed E-state index contributed by atoms with van der Waals surface area (Å²) >= 11 is 0. The summed E-state index contributed by atoms with van der Waals surface area (Å²) in [6.07, 6.45) is 5.32. The molecule has 0 radical (unpaired) electrons. The first-order valence-electron chi connectivity index (χ1n) is 6.66. The number of pyridine rings is 1. The van der Waals surface area contributed by atoms with Crippen LogP contribution in [-0.4, -0.2) is 11.0 Å². The summed E-state index contributed by atoms with van der Waals surface area (Å²) in [5.41, 5.74) is 1.64. The van der Waals surface area contributed by atoms with Crippen molar-refractivity contribution >= 4 is 5.82 Å². The molecule has 0 fully saturated rings. The molecule has 98 valence electrons. The number of hydrogen-bond acceptors (Lipinski definition) is 3. The fourth-order valence-electron chi connectivity index (χ4n) is 1.95. The lowest BCUT2D eigenvalue weighted by molar-refractivity contribution is 0.520. The molecule has 1 aromatic rings. The highest BCUT2D eigenvalue weighted by molar-refractivity contribution is 5.55. The van der Waals surface area contributed by atoms with E-state index in [1.54, 1.807) is 6.20 Å². The highest BCUT2D eigenvalue weighted by Gasteiger charge is 2.09. The normalized spacial score (nSPS) is 12.2. The molecule has 0 bridgehead atoms. The van der Waals surface area contributed by atoms with E-state index in [1.165, 1.54) is 12.8 Å². The van der Waals surface area contributed by atoms with Crippen LogP contribution in [0.3, 0.4) is 0 Å². The highest BCUT2D eigenvalue weighted by Crippen LogP contribution is 2.17. The highest BCUT2D eigenvalue weighted by atomic mass is 15.0. The van der Waals surface area contributed by atoms with Crippen LogP contribution in [0.25, 0.3) is 0 Å². The van der Waals surface area contributed by atoms with E-state index in [4.69, 9.17) is 5.26 Å². The Balaban J connectivity index is 2.57. The molecule has 0 saturated heterocycles. The molecule has 1 unspecified atom stereocenters. The second-order valence-electron chi connectivity index (χ2n) is 5.33. The zero-order valence-corrected chi connectivity index (χ0v) is 11.8. The van der Waals surface area contributed by atoms with Crippen molar-refractivity contribution in [3.63, 3.8) is 0 Å². The molecule has 0 aromatic carbocycles. The van der Waals surface area contributed by atoms with Crippen LogP contribution in [0.4, 0.5) is 5.82 Å². The maximum absolute atomic E-state index is 9.13. The predicted octanol–water partition coefficient (Wildman–Crippen LogP) is 3.89. The van der Waals surface area contributed by atoms with E-state index >= 15 is 0 Å². The van der Waals surface area contributed by atoms with Gasteiger partial charge in [-0.25, -0.2) is 4.98 Å². The van der Waals surface area contributed by atoms with Gasteiger partial charge in [-0.2, -0.15) is 5.26 Å². The number of anilines is 1. The van der Waals surface area contributed by atoms with E-state index in [9.17, 15) is 0 Å². The number of nitrogens with zero attached hydrogens (tertiary/aromatic N) is 2. The molecule has 3 heteroatoms. The summed E-state index contributed by atoms with van der Waals surface area (Å²) in [5.74, 6) is 1.47. The smallest absolute Gasteiger partial charge is 0.144 e. The second-order valence-corrected chi connectivity index (χ2v) is 5.33. The van der Waals surface area contributed by atoms with Gasteiger partial charge in [0.05, 0.1) is 5.56 Å². The largest absolute Gasteiger partial charge is 0.367 e. The van der Waals surface area contributed by atoms with Crippen LogP contribution >= 0.6 is 0 Å². The van der Waals surface area contributed by atoms with Gasteiger partial charge in [0.2, 0.25) is 0 Å². The van der Waals surface area contributed by atoms with Crippen molar-refractivity contribution in [1.29, 1.82) is 5.26 Å². The average molecular weight is 245 g/mol. The summed E-state index contributed by atoms with van der Waals surface area (Å²) < 4.78 is 0. The van der Waals surface area contributed by atoms with Gasteiger partial charge < -0.3 is 5.32 Å². The third kappa shape index (κ3) is 4.37. The van der Waals surface area contributed by atoms with Crippen LogP contribution in [0, 0.1) is 24.2 Å². The monoisotopic (exact) mass is 245 g/mol. The quantitative estimate of drug-likeness (QED) is 0.827. The minimum atomic E-state index is 0.352. The van der Waals surface area contributed by atoms with Crippen LogP contribution in [0.5, 0.6) is 0 Å². The SMILES string of the molecule is Cc1ccnc(NC(C)CCCC(C)C)c1C#N. The molecule has 0 aliphatic carbocycles. The Labute approximate surface area is 110 Å². The molecule has 1 rings (SSSR count). The zero-order chi connectivity index (χ0) is 13.5. The van der Waals surface area contributed by atoms with Crippen molar-refractivity contribution < 1.29 is 0 Å². The van der Waals surface area contributed by atoms with Gasteiger partial charge in [0, 0.05) is 12.2 Å². The first-order valence-corrected chi connectivity index (χ1v) is 6.66. The number of aromatic nitrogens is 1. The Morgan fingerprint density at radius 1 is 1.33 bits per heavy atom. The Kier molecular flexibility index (Phi) is 5.64. The fourth-order valence-corrected chi connectivity index (χ4v) is 1.95. The Morgan fingerprint density at radius 2 is 2.06 bits per heavy atom. The molecule has 0 spiro atoms. The van der Waals surface area contributed by atoms with Crippen molar-refractivity contribution in [1.82, 2.24) is 4.98 Å². The van der Waals surface area contributed by atoms with E-state index in [-0.39, 0.29) is 0 Å². The van der Waals surface area contributed by atoms with Gasteiger partial charge in [-0.1, -0.05) is 26.7 Å². The number of hydrogen-bond donors (Lipinski definition) is 1. The van der Waals surface area contributed by atoms with Gasteiger partial charge >= 0.3 is 0 Å². The topological polar surface area (TPSA) is 48.7 Å². The standard InChI is InChI=1S/C15H23N3/c1-11(2)6-5-7-13(4)18-15-14(10-16)12(3)8-9-17-15/h8-9,11,13H,5-7H2,1-4H3,(H,17,18). The van der Waals surface area contributed by atoms with Crippen LogP contribution in [0.1, 0.15) is 51.2 Å². The molecule has 1 aromatic heterocycles. The van der Waals surface area contributed by atoms with E-state index in [0.29, 0.717) is 11.6 Å². The van der Waals surface area contributed by atoms with Crippen molar-refractivity contribution in [2.75, 3.05) is 5.32 Å². The van der Waals surface area contributed by atoms with Crippen molar-refractivity contribution in [3.05, 3.63) is 23.4 Å². The van der Waals surface area contributed by atoms with Gasteiger partial charge in [0.25, 0.3) is 0 Å². The second kappa shape index (κ2) is 7.00. The van der Waals surface area contributed by atoms with E-state index in [0.717, 1.165) is 23.7 Å². The molecule has 0 aliphatic heterocycles. The molecule has 18 heavy (non-hydrogen) atoms. The summed E-state index contributed by atoms with van der Waals surface area (Å²) in [6, 6.07) is 4.44. The average Bonchev–Trinajstić information content (AvgIpc) is 2.28. The Morgan fingerprint density at radius 3 is 2.67 bits per heavy atom. The molecule has 0 amide bonds. The lowest BCUT2D eigenvalue weighted by Crippen LogP contribution is -2.17. The summed E-state index contributed by atoms with van der Waals surface area (Å²) in [6.45, 7) is 8.57. The lowest BCUT2D eigenvalue weighted by atomic mass is 10.0. The fraction of sp³-hybridized carbons (Fsp3) is 0.600. The molecule has 3 nitrogen and oxygen atoms in total. The third-order valence-corrected chi connectivity index (χ3v) is 3.07. The van der Waals surface area contributed by atoms with Crippen molar-refractivity contribution in [2.24, 2.45) is 5.92 Å². The summed E-state index contributed by atoms with van der Waals surface area (Å²) in [7, 11) is 0. The van der Waals surface area contributed by atoms with Crippen molar-refractivity contribution in [2.45, 2.75) is 53.0 Å². The maximum atomic E-state index is 9.13.